The Labute approximate surface area is 237 Å². The Kier molecular flexibility index (Phi) is 30.1. The zero-order valence-electron chi connectivity index (χ0n) is 25.3. The Bertz CT molecular complexity index is 625. The van der Waals surface area contributed by atoms with Crippen LogP contribution in [0.2, 0.25) is 0 Å². The van der Waals surface area contributed by atoms with Gasteiger partial charge in [0.1, 0.15) is 5.78 Å². The summed E-state index contributed by atoms with van der Waals surface area (Å²) in [4.78, 5) is 23.6. The molecule has 0 aliphatic heterocycles. The lowest BCUT2D eigenvalue weighted by atomic mass is 10.0. The van der Waals surface area contributed by atoms with Crippen LogP contribution in [0.25, 0.3) is 0 Å². The van der Waals surface area contributed by atoms with Gasteiger partial charge in [0, 0.05) is 6.42 Å². The van der Waals surface area contributed by atoms with E-state index >= 15 is 0 Å². The zero-order chi connectivity index (χ0) is 27.8. The lowest BCUT2D eigenvalue weighted by molar-refractivity contribution is -0.121. The third kappa shape index (κ3) is 27.3. The van der Waals surface area contributed by atoms with Crippen LogP contribution in [0.3, 0.4) is 0 Å². The maximum absolute atomic E-state index is 12.4. The highest BCUT2D eigenvalue weighted by molar-refractivity contribution is 5.93. The van der Waals surface area contributed by atoms with E-state index in [2.05, 4.69) is 62.5 Å². The first kappa shape index (κ1) is 36.3. The lowest BCUT2D eigenvalue weighted by Gasteiger charge is -2.07. The fourth-order valence-corrected chi connectivity index (χ4v) is 4.60. The van der Waals surface area contributed by atoms with Crippen LogP contribution in [0.4, 0.5) is 0 Å². The van der Waals surface area contributed by atoms with Crippen molar-refractivity contribution in [3.63, 3.8) is 0 Å². The average Bonchev–Trinajstić information content (AvgIpc) is 2.93. The van der Waals surface area contributed by atoms with Crippen molar-refractivity contribution < 1.29 is 9.59 Å². The molecular formula is C36H61O2. The molecule has 0 spiro atoms. The molecule has 2 heteroatoms. The molecule has 0 saturated heterocycles. The predicted octanol–water partition coefficient (Wildman–Crippen LogP) is 11.5. The monoisotopic (exact) mass is 527 g/mol. The van der Waals surface area contributed by atoms with E-state index in [0.717, 1.165) is 38.5 Å². The van der Waals surface area contributed by atoms with Gasteiger partial charge in [-0.05, 0) is 51.4 Å². The van der Waals surface area contributed by atoms with Gasteiger partial charge in [0.25, 0.3) is 0 Å². The van der Waals surface area contributed by atoms with Crippen molar-refractivity contribution in [1.29, 1.82) is 0 Å². The van der Waals surface area contributed by atoms with Crippen LogP contribution in [0.5, 0.6) is 0 Å². The molecule has 0 fully saturated rings. The van der Waals surface area contributed by atoms with Gasteiger partial charge in [-0.15, -0.1) is 0 Å². The molecule has 0 N–H and O–H groups in total. The Morgan fingerprint density at radius 3 is 1.50 bits per heavy atom. The largest absolute Gasteiger partial charge is 0.299 e. The molecule has 0 saturated carbocycles. The molecule has 0 heterocycles. The number of hydrogen-bond acceptors (Lipinski definition) is 2. The lowest BCUT2D eigenvalue weighted by Crippen LogP contribution is -2.15. The minimum absolute atomic E-state index is 0.0824. The van der Waals surface area contributed by atoms with Crippen LogP contribution in [-0.2, 0) is 9.59 Å². The first-order valence-electron chi connectivity index (χ1n) is 16.3. The summed E-state index contributed by atoms with van der Waals surface area (Å²) >= 11 is 0. The van der Waals surface area contributed by atoms with Gasteiger partial charge >= 0.3 is 0 Å². The van der Waals surface area contributed by atoms with E-state index in [-0.39, 0.29) is 5.78 Å². The van der Waals surface area contributed by atoms with Gasteiger partial charge in [-0.3, -0.25) is 9.59 Å². The van der Waals surface area contributed by atoms with E-state index in [4.69, 9.17) is 0 Å². The molecule has 2 nitrogen and oxygen atoms in total. The van der Waals surface area contributed by atoms with Crippen molar-refractivity contribution in [2.24, 2.45) is 5.92 Å². The van der Waals surface area contributed by atoms with E-state index in [1.165, 1.54) is 96.3 Å². The quantitative estimate of drug-likeness (QED) is 0.0550. The van der Waals surface area contributed by atoms with Crippen LogP contribution >= 0.6 is 0 Å². The maximum Gasteiger partial charge on any atom is 0.209 e. The van der Waals surface area contributed by atoms with Gasteiger partial charge in [0.05, 0.1) is 5.92 Å². The van der Waals surface area contributed by atoms with Crippen molar-refractivity contribution in [3.8, 4) is 0 Å². The van der Waals surface area contributed by atoms with Crippen LogP contribution in [0.15, 0.2) is 48.6 Å². The third-order valence-corrected chi connectivity index (χ3v) is 7.14. The number of Topliss-reactive ketones (excluding diaryl/α,β-unsaturated/α-hetero) is 1. The zero-order valence-corrected chi connectivity index (χ0v) is 25.3. The molecule has 0 aromatic carbocycles. The molecule has 0 rings (SSSR count). The molecule has 38 heavy (non-hydrogen) atoms. The summed E-state index contributed by atoms with van der Waals surface area (Å²) in [5.74, 6) is -0.461. The van der Waals surface area contributed by atoms with Crippen LogP contribution in [-0.4, -0.2) is 12.1 Å². The number of ketones is 1. The molecule has 0 aliphatic carbocycles. The number of rotatable bonds is 29. The van der Waals surface area contributed by atoms with Gasteiger partial charge in [-0.25, -0.2) is 0 Å². The van der Waals surface area contributed by atoms with E-state index in [9.17, 15) is 9.59 Å². The van der Waals surface area contributed by atoms with Gasteiger partial charge in [0.2, 0.25) is 6.29 Å². The summed E-state index contributed by atoms with van der Waals surface area (Å²) in [6.07, 6.45) is 46.3. The summed E-state index contributed by atoms with van der Waals surface area (Å²) in [5, 5.41) is 0. The van der Waals surface area contributed by atoms with Crippen LogP contribution in [0, 0.1) is 5.92 Å². The predicted molar refractivity (Wildman–Crippen MR) is 168 cm³/mol. The highest BCUT2D eigenvalue weighted by atomic mass is 16.2. The van der Waals surface area contributed by atoms with Crippen molar-refractivity contribution in [2.45, 2.75) is 162 Å². The van der Waals surface area contributed by atoms with Crippen molar-refractivity contribution in [3.05, 3.63) is 48.6 Å². The first-order valence-corrected chi connectivity index (χ1v) is 16.3. The molecule has 0 aromatic heterocycles. The Hall–Kier alpha value is -1.70. The van der Waals surface area contributed by atoms with Gasteiger partial charge in [-0.1, -0.05) is 152 Å². The van der Waals surface area contributed by atoms with Crippen molar-refractivity contribution >= 4 is 12.1 Å². The molecule has 0 aliphatic rings. The third-order valence-electron chi connectivity index (χ3n) is 7.14. The van der Waals surface area contributed by atoms with E-state index in [1.54, 1.807) is 0 Å². The van der Waals surface area contributed by atoms with Gasteiger partial charge in [0.15, 0.2) is 0 Å². The Morgan fingerprint density at radius 1 is 0.579 bits per heavy atom. The molecule has 0 aromatic rings. The topological polar surface area (TPSA) is 34.1 Å². The minimum atomic E-state index is -0.543. The molecule has 1 radical (unpaired) electrons. The molecule has 0 bridgehead atoms. The molecule has 0 amide bonds. The van der Waals surface area contributed by atoms with Gasteiger partial charge < -0.3 is 0 Å². The summed E-state index contributed by atoms with van der Waals surface area (Å²) in [7, 11) is 0. The Balaban J connectivity index is 3.65. The van der Waals surface area contributed by atoms with Crippen molar-refractivity contribution in [1.82, 2.24) is 0 Å². The minimum Gasteiger partial charge on any atom is -0.299 e. The highest BCUT2D eigenvalue weighted by Crippen LogP contribution is 2.15. The SMILES string of the molecule is CCCCC/C=C\C/C=C\C/C=C\C/C=C\CCC([C]=O)C(=O)[14CH2]CCCCCCCCCCCCCC. The number of carbonyl (C=O) groups is 1. The second-order valence-electron chi connectivity index (χ2n) is 10.8. The molecule has 217 valence electrons. The van der Waals surface area contributed by atoms with Gasteiger partial charge in [-0.2, -0.15) is 0 Å². The summed E-state index contributed by atoms with van der Waals surface area (Å²) in [5.41, 5.74) is 0. The van der Waals surface area contributed by atoms with Crippen LogP contribution in [0.1, 0.15) is 162 Å². The standard InChI is InChI=1S/C36H61O2/c1-3-5-7-9-11-13-15-17-18-19-21-22-24-26-28-30-32-35(34-37)36(38)33-31-29-27-25-23-20-16-14-12-10-8-6-4-2/h11,13,17-18,21-22,26,28,35H,3-10,12,14-16,19-20,23-25,27,29-33H2,1-2H3/b13-11-,18-17-,22-21-,28-26-/i33+2. The second-order valence-corrected chi connectivity index (χ2v) is 10.8. The summed E-state index contributed by atoms with van der Waals surface area (Å²) < 4.78 is 0. The highest BCUT2D eigenvalue weighted by Gasteiger charge is 2.16. The molecule has 1 atom stereocenters. The van der Waals surface area contributed by atoms with Crippen molar-refractivity contribution in [2.75, 3.05) is 0 Å². The number of hydrogen-bond donors (Lipinski definition) is 0. The van der Waals surface area contributed by atoms with E-state index in [1.807, 2.05) is 6.29 Å². The molecule has 1 unspecified atom stereocenters. The van der Waals surface area contributed by atoms with E-state index in [0.29, 0.717) is 12.8 Å². The Morgan fingerprint density at radius 2 is 1.00 bits per heavy atom. The average molecular weight is 528 g/mol. The van der Waals surface area contributed by atoms with Crippen LogP contribution < -0.4 is 0 Å². The fourth-order valence-electron chi connectivity index (χ4n) is 4.60. The summed E-state index contributed by atoms with van der Waals surface area (Å²) in [6, 6.07) is 0. The summed E-state index contributed by atoms with van der Waals surface area (Å²) in [6.45, 7) is 4.51. The smallest absolute Gasteiger partial charge is 0.209 e. The number of unbranched alkanes of at least 4 members (excludes halogenated alkanes) is 15. The first-order chi connectivity index (χ1) is 18.8. The second kappa shape index (κ2) is 31.5. The molecular weight excluding hydrogens is 466 g/mol. The van der Waals surface area contributed by atoms with E-state index < -0.39 is 5.92 Å². The maximum atomic E-state index is 12.4. The number of allylic oxidation sites excluding steroid dienone is 8. The number of carbonyl (C=O) groups excluding carboxylic acids is 2. The normalized spacial score (nSPS) is 13.0. The fraction of sp³-hybridized carbons (Fsp3) is 0.722.